The highest BCUT2D eigenvalue weighted by molar-refractivity contribution is 6.32. The number of halogens is 3. The molecule has 6 nitrogen and oxygen atoms in total. The molecule has 0 bridgehead atoms. The Morgan fingerprint density at radius 1 is 0.917 bits per heavy atom. The Hall–Kier alpha value is -3.55. The van der Waals surface area contributed by atoms with Gasteiger partial charge in [0, 0.05) is 11.6 Å². The van der Waals surface area contributed by atoms with Gasteiger partial charge in [0.05, 0.1) is 41.6 Å². The highest BCUT2D eigenvalue weighted by Gasteiger charge is 2.13. The summed E-state index contributed by atoms with van der Waals surface area (Å²) in [6, 6.07) is 18.7. The molecule has 0 radical (unpaired) electrons. The SMILES string of the molecule is CCOc1cc(-c2ccc(C(=O)OC)cc2)nn1CCOc1ccc(-c2ccc(F)c(Cl)c2)cc1Cl. The van der Waals surface area contributed by atoms with Crippen LogP contribution in [0.4, 0.5) is 4.39 Å². The minimum Gasteiger partial charge on any atom is -0.490 e. The van der Waals surface area contributed by atoms with Gasteiger partial charge in [-0.05, 0) is 54.4 Å². The normalized spacial score (nSPS) is 10.8. The lowest BCUT2D eigenvalue weighted by Crippen LogP contribution is -2.11. The number of benzene rings is 3. The predicted octanol–water partition coefficient (Wildman–Crippen LogP) is 6.93. The molecule has 0 atom stereocenters. The lowest BCUT2D eigenvalue weighted by atomic mass is 10.1. The van der Waals surface area contributed by atoms with E-state index >= 15 is 0 Å². The molecule has 0 amide bonds. The molecule has 36 heavy (non-hydrogen) atoms. The van der Waals surface area contributed by atoms with E-state index < -0.39 is 11.8 Å². The van der Waals surface area contributed by atoms with Gasteiger partial charge in [-0.15, -0.1) is 0 Å². The predicted molar refractivity (Wildman–Crippen MR) is 138 cm³/mol. The van der Waals surface area contributed by atoms with Gasteiger partial charge in [0.2, 0.25) is 5.88 Å². The number of hydrogen-bond donors (Lipinski definition) is 0. The smallest absolute Gasteiger partial charge is 0.337 e. The van der Waals surface area contributed by atoms with Gasteiger partial charge < -0.3 is 14.2 Å². The number of methoxy groups -OCH3 is 1. The number of ether oxygens (including phenoxy) is 3. The van der Waals surface area contributed by atoms with Crippen LogP contribution in [0.2, 0.25) is 10.0 Å². The molecule has 0 aliphatic heterocycles. The Bertz CT molecular complexity index is 1370. The Morgan fingerprint density at radius 2 is 1.58 bits per heavy atom. The second-order valence-corrected chi connectivity index (χ2v) is 8.53. The van der Waals surface area contributed by atoms with Crippen LogP contribution >= 0.6 is 23.2 Å². The second kappa shape index (κ2) is 11.5. The fourth-order valence-corrected chi connectivity index (χ4v) is 3.99. The van der Waals surface area contributed by atoms with Crippen molar-refractivity contribution in [2.45, 2.75) is 13.5 Å². The molecule has 4 aromatic rings. The number of nitrogens with zero attached hydrogens (tertiary/aromatic N) is 2. The molecular formula is C27H23Cl2FN2O4. The van der Waals surface area contributed by atoms with E-state index in [4.69, 9.17) is 37.4 Å². The molecular weight excluding hydrogens is 506 g/mol. The zero-order chi connectivity index (χ0) is 25.7. The van der Waals surface area contributed by atoms with Gasteiger partial charge in [-0.3, -0.25) is 0 Å². The molecule has 0 unspecified atom stereocenters. The van der Waals surface area contributed by atoms with E-state index in [0.717, 1.165) is 16.7 Å². The second-order valence-electron chi connectivity index (χ2n) is 7.72. The molecule has 0 saturated carbocycles. The van der Waals surface area contributed by atoms with Gasteiger partial charge in [0.15, 0.2) is 0 Å². The zero-order valence-electron chi connectivity index (χ0n) is 19.6. The Morgan fingerprint density at radius 3 is 2.22 bits per heavy atom. The van der Waals surface area contributed by atoms with Crippen molar-refractivity contribution in [3.8, 4) is 34.0 Å². The first-order valence-electron chi connectivity index (χ1n) is 11.2. The highest BCUT2D eigenvalue weighted by atomic mass is 35.5. The van der Waals surface area contributed by atoms with Crippen molar-refractivity contribution in [2.24, 2.45) is 0 Å². The number of aromatic nitrogens is 2. The standard InChI is InChI=1S/C27H23Cl2FN2O4/c1-3-35-26-16-24(17-4-6-18(7-5-17)27(33)34-2)31-32(26)12-13-36-25-11-9-20(15-22(25)29)19-8-10-23(30)21(28)14-19/h4-11,14-16H,3,12-13H2,1-2H3. The van der Waals surface area contributed by atoms with Crippen molar-refractivity contribution >= 4 is 29.2 Å². The first kappa shape index (κ1) is 25.5. The van der Waals surface area contributed by atoms with Crippen molar-refractivity contribution in [2.75, 3.05) is 20.3 Å². The number of esters is 1. The Labute approximate surface area is 218 Å². The van der Waals surface area contributed by atoms with Gasteiger partial charge in [-0.25, -0.2) is 13.9 Å². The molecule has 186 valence electrons. The molecule has 0 aliphatic carbocycles. The molecule has 3 aromatic carbocycles. The third-order valence-corrected chi connectivity index (χ3v) is 5.97. The minimum atomic E-state index is -0.474. The molecule has 9 heteroatoms. The lowest BCUT2D eigenvalue weighted by Gasteiger charge is -2.11. The van der Waals surface area contributed by atoms with Crippen LogP contribution in [0.5, 0.6) is 11.6 Å². The molecule has 0 fully saturated rings. The van der Waals surface area contributed by atoms with E-state index in [1.165, 1.54) is 13.2 Å². The Kier molecular flexibility index (Phi) is 8.13. The summed E-state index contributed by atoms with van der Waals surface area (Å²) in [4.78, 5) is 11.7. The zero-order valence-corrected chi connectivity index (χ0v) is 21.1. The highest BCUT2D eigenvalue weighted by Crippen LogP contribution is 2.32. The van der Waals surface area contributed by atoms with Gasteiger partial charge in [-0.1, -0.05) is 47.5 Å². The lowest BCUT2D eigenvalue weighted by molar-refractivity contribution is 0.0600. The summed E-state index contributed by atoms with van der Waals surface area (Å²) in [7, 11) is 1.34. The number of carbonyl (C=O) groups is 1. The number of carbonyl (C=O) groups excluding carboxylic acids is 1. The maximum atomic E-state index is 13.5. The van der Waals surface area contributed by atoms with E-state index in [1.807, 2.05) is 19.1 Å². The van der Waals surface area contributed by atoms with Gasteiger partial charge in [0.1, 0.15) is 18.2 Å². The molecule has 0 N–H and O–H groups in total. The third-order valence-electron chi connectivity index (χ3n) is 5.38. The summed E-state index contributed by atoms with van der Waals surface area (Å²) >= 11 is 12.3. The van der Waals surface area contributed by atoms with Crippen LogP contribution in [0.1, 0.15) is 17.3 Å². The average Bonchev–Trinajstić information content (AvgIpc) is 3.29. The molecule has 1 aromatic heterocycles. The summed E-state index contributed by atoms with van der Waals surface area (Å²) in [5.74, 6) is 0.241. The topological polar surface area (TPSA) is 62.6 Å². The first-order valence-corrected chi connectivity index (χ1v) is 11.9. The molecule has 0 saturated heterocycles. The van der Waals surface area contributed by atoms with Crippen LogP contribution in [0.3, 0.4) is 0 Å². The Balaban J connectivity index is 1.45. The quantitative estimate of drug-likeness (QED) is 0.220. The summed E-state index contributed by atoms with van der Waals surface area (Å²) < 4.78 is 31.5. The van der Waals surface area contributed by atoms with Crippen LogP contribution in [0, 0.1) is 5.82 Å². The van der Waals surface area contributed by atoms with Crippen molar-refractivity contribution in [3.63, 3.8) is 0 Å². The van der Waals surface area contributed by atoms with Gasteiger partial charge >= 0.3 is 5.97 Å². The minimum absolute atomic E-state index is 0.0482. The van der Waals surface area contributed by atoms with Crippen LogP contribution in [-0.4, -0.2) is 36.1 Å². The van der Waals surface area contributed by atoms with E-state index in [1.54, 1.807) is 53.2 Å². The molecule has 0 aliphatic rings. The van der Waals surface area contributed by atoms with Crippen molar-refractivity contribution in [3.05, 3.63) is 88.2 Å². The van der Waals surface area contributed by atoms with Crippen LogP contribution < -0.4 is 9.47 Å². The summed E-state index contributed by atoms with van der Waals surface area (Å²) in [6.07, 6.45) is 0. The van der Waals surface area contributed by atoms with Crippen molar-refractivity contribution in [1.29, 1.82) is 0 Å². The van der Waals surface area contributed by atoms with E-state index in [-0.39, 0.29) is 5.02 Å². The fourth-order valence-electron chi connectivity index (χ4n) is 3.58. The summed E-state index contributed by atoms with van der Waals surface area (Å²) in [5.41, 5.74) is 3.55. The molecule has 0 spiro atoms. The first-order chi connectivity index (χ1) is 17.4. The van der Waals surface area contributed by atoms with Crippen LogP contribution in [0.15, 0.2) is 66.7 Å². The fraction of sp³-hybridized carbons (Fsp3) is 0.185. The van der Waals surface area contributed by atoms with Gasteiger partial charge in [-0.2, -0.15) is 5.10 Å². The summed E-state index contributed by atoms with van der Waals surface area (Å²) in [5, 5.41) is 5.11. The monoisotopic (exact) mass is 528 g/mol. The van der Waals surface area contributed by atoms with E-state index in [9.17, 15) is 9.18 Å². The molecule has 4 rings (SSSR count). The van der Waals surface area contributed by atoms with E-state index in [2.05, 4.69) is 5.10 Å². The van der Waals surface area contributed by atoms with Crippen molar-refractivity contribution in [1.82, 2.24) is 9.78 Å². The molecule has 1 heterocycles. The van der Waals surface area contributed by atoms with Crippen LogP contribution in [0.25, 0.3) is 22.4 Å². The maximum Gasteiger partial charge on any atom is 0.337 e. The summed E-state index contributed by atoms with van der Waals surface area (Å²) in [6.45, 7) is 3.09. The number of hydrogen-bond acceptors (Lipinski definition) is 5. The van der Waals surface area contributed by atoms with Gasteiger partial charge in [0.25, 0.3) is 0 Å². The maximum absolute atomic E-state index is 13.5. The number of rotatable bonds is 9. The van der Waals surface area contributed by atoms with E-state index in [0.29, 0.717) is 47.7 Å². The third kappa shape index (κ3) is 5.80. The average molecular weight is 529 g/mol. The largest absolute Gasteiger partial charge is 0.490 e. The van der Waals surface area contributed by atoms with Crippen LogP contribution in [-0.2, 0) is 11.3 Å². The van der Waals surface area contributed by atoms with Crippen molar-refractivity contribution < 1.29 is 23.4 Å².